The average Bonchev–Trinajstić information content (AvgIpc) is 3.41. The molecule has 1 saturated carbocycles. The Hall–Kier alpha value is -1.74. The standard InChI is InChI=1S/C16H24N6O2S.C2H6/c1-11-14-9-17-16(18-15(14)20(2)19-11)22-7-6-21(25(3,23)24)10-13(22)8-12-4-5-12;1-2/h9,12-13H,4-8,10H2,1-3H3;1-2H3. The molecule has 150 valence electrons. The predicted molar refractivity (Wildman–Crippen MR) is 107 cm³/mol. The predicted octanol–water partition coefficient (Wildman–Crippen LogP) is 1.95. The van der Waals surface area contributed by atoms with Gasteiger partial charge in [0.2, 0.25) is 16.0 Å². The summed E-state index contributed by atoms with van der Waals surface area (Å²) in [4.78, 5) is 11.5. The molecule has 1 saturated heterocycles. The van der Waals surface area contributed by atoms with Crippen LogP contribution in [0, 0.1) is 12.8 Å². The van der Waals surface area contributed by atoms with Crippen LogP contribution in [-0.4, -0.2) is 64.4 Å². The van der Waals surface area contributed by atoms with Crippen molar-refractivity contribution in [2.75, 3.05) is 30.8 Å². The summed E-state index contributed by atoms with van der Waals surface area (Å²) in [5.41, 5.74) is 1.73. The molecule has 0 amide bonds. The molecule has 1 aliphatic carbocycles. The van der Waals surface area contributed by atoms with E-state index in [-0.39, 0.29) is 6.04 Å². The van der Waals surface area contributed by atoms with Crippen molar-refractivity contribution in [3.8, 4) is 0 Å². The van der Waals surface area contributed by atoms with E-state index < -0.39 is 10.0 Å². The lowest BCUT2D eigenvalue weighted by Gasteiger charge is -2.40. The Kier molecular flexibility index (Phi) is 5.71. The second-order valence-electron chi connectivity index (χ2n) is 7.26. The minimum Gasteiger partial charge on any atom is -0.335 e. The zero-order valence-corrected chi connectivity index (χ0v) is 17.7. The minimum atomic E-state index is -3.17. The number of hydrogen-bond acceptors (Lipinski definition) is 6. The zero-order valence-electron chi connectivity index (χ0n) is 16.9. The number of piperazine rings is 1. The highest BCUT2D eigenvalue weighted by atomic mass is 32.2. The molecule has 0 spiro atoms. The van der Waals surface area contributed by atoms with E-state index in [9.17, 15) is 8.42 Å². The number of aromatic nitrogens is 4. The van der Waals surface area contributed by atoms with Crippen molar-refractivity contribution in [1.82, 2.24) is 24.1 Å². The van der Waals surface area contributed by atoms with Gasteiger partial charge in [0, 0.05) is 38.9 Å². The summed E-state index contributed by atoms with van der Waals surface area (Å²) in [6.07, 6.45) is 6.60. The Labute approximate surface area is 161 Å². The van der Waals surface area contributed by atoms with Crippen LogP contribution in [-0.2, 0) is 17.1 Å². The highest BCUT2D eigenvalue weighted by molar-refractivity contribution is 7.88. The van der Waals surface area contributed by atoms with Gasteiger partial charge in [-0.2, -0.15) is 14.4 Å². The van der Waals surface area contributed by atoms with Crippen LogP contribution < -0.4 is 4.90 Å². The molecular formula is C18H30N6O2S. The van der Waals surface area contributed by atoms with Crippen molar-refractivity contribution < 1.29 is 8.42 Å². The van der Waals surface area contributed by atoms with Crippen LogP contribution in [0.25, 0.3) is 11.0 Å². The van der Waals surface area contributed by atoms with Crippen molar-refractivity contribution in [2.45, 2.75) is 46.1 Å². The van der Waals surface area contributed by atoms with E-state index in [1.165, 1.54) is 19.1 Å². The van der Waals surface area contributed by atoms with Gasteiger partial charge in [0.25, 0.3) is 0 Å². The van der Waals surface area contributed by atoms with E-state index in [2.05, 4.69) is 15.0 Å². The highest BCUT2D eigenvalue weighted by Crippen LogP contribution is 2.36. The van der Waals surface area contributed by atoms with Crippen LogP contribution >= 0.6 is 0 Å². The summed E-state index contributed by atoms with van der Waals surface area (Å²) in [6.45, 7) is 7.56. The Bertz CT molecular complexity index is 906. The van der Waals surface area contributed by atoms with Crippen LogP contribution in [0.2, 0.25) is 0 Å². The minimum absolute atomic E-state index is 0.128. The average molecular weight is 395 g/mol. The number of sulfonamides is 1. The number of nitrogens with zero attached hydrogens (tertiary/aromatic N) is 6. The first-order chi connectivity index (χ1) is 12.8. The lowest BCUT2D eigenvalue weighted by molar-refractivity contribution is 0.315. The third-order valence-electron chi connectivity index (χ3n) is 5.23. The van der Waals surface area contributed by atoms with Crippen molar-refractivity contribution >= 4 is 27.0 Å². The molecule has 4 rings (SSSR count). The van der Waals surface area contributed by atoms with Gasteiger partial charge in [-0.15, -0.1) is 0 Å². The van der Waals surface area contributed by atoms with E-state index in [0.29, 0.717) is 31.5 Å². The summed E-state index contributed by atoms with van der Waals surface area (Å²) in [5.74, 6) is 1.38. The van der Waals surface area contributed by atoms with Gasteiger partial charge in [0.15, 0.2) is 5.65 Å². The van der Waals surface area contributed by atoms with E-state index in [1.807, 2.05) is 34.0 Å². The molecule has 2 aliphatic rings. The zero-order chi connectivity index (χ0) is 19.8. The Morgan fingerprint density at radius 1 is 1.22 bits per heavy atom. The SMILES string of the molecule is CC.Cc1nn(C)c2nc(N3CCN(S(C)(=O)=O)CC3CC3CC3)ncc12. The summed E-state index contributed by atoms with van der Waals surface area (Å²) in [6, 6.07) is 0.128. The molecule has 3 heterocycles. The van der Waals surface area contributed by atoms with Gasteiger partial charge in [0.05, 0.1) is 17.3 Å². The van der Waals surface area contributed by atoms with Crippen molar-refractivity contribution in [3.05, 3.63) is 11.9 Å². The topological polar surface area (TPSA) is 84.2 Å². The van der Waals surface area contributed by atoms with Crippen LogP contribution in [0.5, 0.6) is 0 Å². The largest absolute Gasteiger partial charge is 0.335 e. The Balaban J connectivity index is 0.00000102. The molecular weight excluding hydrogens is 364 g/mol. The summed E-state index contributed by atoms with van der Waals surface area (Å²) < 4.78 is 27.3. The number of hydrogen-bond donors (Lipinski definition) is 0. The van der Waals surface area contributed by atoms with Gasteiger partial charge in [0.1, 0.15) is 0 Å². The van der Waals surface area contributed by atoms with Crippen LogP contribution in [0.3, 0.4) is 0 Å². The molecule has 1 atom stereocenters. The molecule has 1 aliphatic heterocycles. The van der Waals surface area contributed by atoms with Crippen molar-refractivity contribution in [2.24, 2.45) is 13.0 Å². The van der Waals surface area contributed by atoms with Gasteiger partial charge in [-0.25, -0.2) is 13.4 Å². The normalized spacial score (nSPS) is 21.2. The summed E-state index contributed by atoms with van der Waals surface area (Å²) in [5, 5.41) is 5.36. The van der Waals surface area contributed by atoms with Gasteiger partial charge < -0.3 is 4.90 Å². The molecule has 2 aromatic rings. The van der Waals surface area contributed by atoms with Crippen molar-refractivity contribution in [1.29, 1.82) is 0 Å². The van der Waals surface area contributed by atoms with Gasteiger partial charge in [-0.05, 0) is 19.3 Å². The van der Waals surface area contributed by atoms with E-state index in [0.717, 1.165) is 23.1 Å². The van der Waals surface area contributed by atoms with Crippen LogP contribution in [0.15, 0.2) is 6.20 Å². The lowest BCUT2D eigenvalue weighted by Crippen LogP contribution is -2.55. The van der Waals surface area contributed by atoms with Crippen LogP contribution in [0.1, 0.15) is 38.8 Å². The van der Waals surface area contributed by atoms with E-state index in [4.69, 9.17) is 4.98 Å². The molecule has 0 N–H and O–H groups in total. The first-order valence-electron chi connectivity index (χ1n) is 9.71. The number of fused-ring (bicyclic) bond motifs is 1. The fraction of sp³-hybridized carbons (Fsp3) is 0.722. The molecule has 2 fully saturated rings. The quantitative estimate of drug-likeness (QED) is 0.788. The van der Waals surface area contributed by atoms with Gasteiger partial charge in [-0.1, -0.05) is 26.7 Å². The fourth-order valence-electron chi connectivity index (χ4n) is 3.66. The number of anilines is 1. The summed E-state index contributed by atoms with van der Waals surface area (Å²) >= 11 is 0. The molecule has 2 aromatic heterocycles. The van der Waals surface area contributed by atoms with Crippen molar-refractivity contribution in [3.63, 3.8) is 0 Å². The number of rotatable bonds is 4. The maximum atomic E-state index is 12.0. The monoisotopic (exact) mass is 394 g/mol. The van der Waals surface area contributed by atoms with Gasteiger partial charge >= 0.3 is 0 Å². The maximum Gasteiger partial charge on any atom is 0.227 e. The second-order valence-corrected chi connectivity index (χ2v) is 9.25. The Morgan fingerprint density at radius 3 is 2.56 bits per heavy atom. The van der Waals surface area contributed by atoms with Crippen LogP contribution in [0.4, 0.5) is 5.95 Å². The van der Waals surface area contributed by atoms with Gasteiger partial charge in [-0.3, -0.25) is 4.68 Å². The number of aryl methyl sites for hydroxylation is 2. The van der Waals surface area contributed by atoms with E-state index >= 15 is 0 Å². The molecule has 0 bridgehead atoms. The smallest absolute Gasteiger partial charge is 0.227 e. The molecule has 1 unspecified atom stereocenters. The fourth-order valence-corrected chi connectivity index (χ4v) is 4.52. The third-order valence-corrected chi connectivity index (χ3v) is 6.50. The molecule has 9 heteroatoms. The molecule has 27 heavy (non-hydrogen) atoms. The maximum absolute atomic E-state index is 12.0. The first kappa shape index (κ1) is 20.0. The Morgan fingerprint density at radius 2 is 1.93 bits per heavy atom. The third kappa shape index (κ3) is 4.24. The second kappa shape index (κ2) is 7.71. The highest BCUT2D eigenvalue weighted by Gasteiger charge is 2.36. The first-order valence-corrected chi connectivity index (χ1v) is 11.6. The molecule has 8 nitrogen and oxygen atoms in total. The summed E-state index contributed by atoms with van der Waals surface area (Å²) in [7, 11) is -1.28. The van der Waals surface area contributed by atoms with E-state index in [1.54, 1.807) is 8.99 Å². The molecule has 0 aromatic carbocycles. The molecule has 0 radical (unpaired) electrons. The lowest BCUT2D eigenvalue weighted by atomic mass is 10.1.